The number of hydrogen-bond donors (Lipinski definition) is 1. The molecule has 1 aliphatic heterocycles. The van der Waals surface area contributed by atoms with E-state index in [2.05, 4.69) is 30.5 Å². The van der Waals surface area contributed by atoms with Gasteiger partial charge in [0.15, 0.2) is 0 Å². The van der Waals surface area contributed by atoms with Gasteiger partial charge in [-0.2, -0.15) is 5.10 Å². The van der Waals surface area contributed by atoms with Crippen LogP contribution in [0.3, 0.4) is 0 Å². The van der Waals surface area contributed by atoms with E-state index in [1.807, 2.05) is 10.9 Å². The standard InChI is InChI=1S/C16H30N4O2S/c1-5-15-12-20(23(21,22)13(3)4)8-7-16(15)17-9-14-10-18-19(6-2)11-14/h10-11,13,15-17H,5-9,12H2,1-4H3/t15-,16+/m0/s1. The van der Waals surface area contributed by atoms with Crippen LogP contribution in [0.5, 0.6) is 0 Å². The third kappa shape index (κ3) is 4.33. The summed E-state index contributed by atoms with van der Waals surface area (Å²) in [6.07, 6.45) is 5.81. The minimum absolute atomic E-state index is 0.343. The maximum absolute atomic E-state index is 12.4. The van der Waals surface area contributed by atoms with Crippen LogP contribution in [-0.4, -0.2) is 46.9 Å². The Morgan fingerprint density at radius 3 is 2.70 bits per heavy atom. The fraction of sp³-hybridized carbons (Fsp3) is 0.812. The van der Waals surface area contributed by atoms with E-state index in [0.717, 1.165) is 25.9 Å². The minimum Gasteiger partial charge on any atom is -0.309 e. The molecule has 1 N–H and O–H groups in total. The van der Waals surface area contributed by atoms with Crippen LogP contribution in [0.25, 0.3) is 0 Å². The van der Waals surface area contributed by atoms with E-state index in [1.54, 1.807) is 18.2 Å². The molecular formula is C16H30N4O2S. The largest absolute Gasteiger partial charge is 0.309 e. The molecule has 1 aromatic heterocycles. The summed E-state index contributed by atoms with van der Waals surface area (Å²) in [6, 6.07) is 0.364. The zero-order valence-corrected chi connectivity index (χ0v) is 15.5. The van der Waals surface area contributed by atoms with Crippen molar-refractivity contribution < 1.29 is 8.42 Å². The van der Waals surface area contributed by atoms with Crippen LogP contribution in [0.15, 0.2) is 12.4 Å². The van der Waals surface area contributed by atoms with Crippen molar-refractivity contribution in [1.82, 2.24) is 19.4 Å². The Morgan fingerprint density at radius 1 is 1.39 bits per heavy atom. The SMILES string of the molecule is CC[C@H]1CN(S(=O)(=O)C(C)C)CC[C@H]1NCc1cnn(CC)c1. The fourth-order valence-electron chi connectivity index (χ4n) is 3.13. The molecular weight excluding hydrogens is 312 g/mol. The quantitative estimate of drug-likeness (QED) is 0.821. The number of sulfonamides is 1. The van der Waals surface area contributed by atoms with Crippen molar-refractivity contribution in [3.8, 4) is 0 Å². The number of aromatic nitrogens is 2. The first-order chi connectivity index (χ1) is 10.9. The average molecular weight is 343 g/mol. The van der Waals surface area contributed by atoms with Crippen LogP contribution in [0.4, 0.5) is 0 Å². The van der Waals surface area contributed by atoms with Crippen LogP contribution >= 0.6 is 0 Å². The highest BCUT2D eigenvalue weighted by atomic mass is 32.2. The molecule has 7 heteroatoms. The lowest BCUT2D eigenvalue weighted by atomic mass is 9.91. The number of nitrogens with zero attached hydrogens (tertiary/aromatic N) is 3. The molecule has 1 fully saturated rings. The van der Waals surface area contributed by atoms with Gasteiger partial charge < -0.3 is 5.32 Å². The van der Waals surface area contributed by atoms with Gasteiger partial charge in [0.25, 0.3) is 0 Å². The topological polar surface area (TPSA) is 67.2 Å². The predicted octanol–water partition coefficient (Wildman–Crippen LogP) is 1.83. The summed E-state index contributed by atoms with van der Waals surface area (Å²) < 4.78 is 28.3. The maximum atomic E-state index is 12.4. The summed E-state index contributed by atoms with van der Waals surface area (Å²) in [5.41, 5.74) is 1.18. The van der Waals surface area contributed by atoms with Gasteiger partial charge in [0, 0.05) is 44.0 Å². The highest BCUT2D eigenvalue weighted by Gasteiger charge is 2.34. The van der Waals surface area contributed by atoms with Crippen molar-refractivity contribution in [2.45, 2.75) is 64.9 Å². The molecule has 23 heavy (non-hydrogen) atoms. The molecule has 0 saturated carbocycles. The van der Waals surface area contributed by atoms with Gasteiger partial charge >= 0.3 is 0 Å². The molecule has 1 saturated heterocycles. The Hall–Kier alpha value is -0.920. The van der Waals surface area contributed by atoms with Gasteiger partial charge in [-0.1, -0.05) is 13.3 Å². The van der Waals surface area contributed by atoms with Crippen LogP contribution in [-0.2, 0) is 23.1 Å². The molecule has 2 heterocycles. The first kappa shape index (κ1) is 18.4. The smallest absolute Gasteiger partial charge is 0.216 e. The van der Waals surface area contributed by atoms with Crippen LogP contribution in [0, 0.1) is 5.92 Å². The summed E-state index contributed by atoms with van der Waals surface area (Å²) in [6.45, 7) is 10.6. The molecule has 1 aliphatic rings. The average Bonchev–Trinajstić information content (AvgIpc) is 3.00. The molecule has 2 rings (SSSR count). The third-order valence-electron chi connectivity index (χ3n) is 4.76. The fourth-order valence-corrected chi connectivity index (χ4v) is 4.49. The van der Waals surface area contributed by atoms with E-state index >= 15 is 0 Å². The van der Waals surface area contributed by atoms with Crippen LogP contribution in [0.1, 0.15) is 46.1 Å². The van der Waals surface area contributed by atoms with E-state index in [0.29, 0.717) is 25.0 Å². The molecule has 0 amide bonds. The number of nitrogens with one attached hydrogen (secondary N) is 1. The summed E-state index contributed by atoms with van der Waals surface area (Å²) in [4.78, 5) is 0. The molecule has 6 nitrogen and oxygen atoms in total. The molecule has 0 bridgehead atoms. The lowest BCUT2D eigenvalue weighted by molar-refractivity contribution is 0.200. The third-order valence-corrected chi connectivity index (χ3v) is 7.00. The Labute approximate surface area is 140 Å². The van der Waals surface area contributed by atoms with Gasteiger partial charge in [-0.05, 0) is 33.1 Å². The van der Waals surface area contributed by atoms with Crippen LogP contribution in [0.2, 0.25) is 0 Å². The Bertz CT molecular complexity index is 597. The lowest BCUT2D eigenvalue weighted by Gasteiger charge is -2.38. The second-order valence-electron chi connectivity index (χ2n) is 6.60. The van der Waals surface area contributed by atoms with Crippen LogP contribution < -0.4 is 5.32 Å². The van der Waals surface area contributed by atoms with Gasteiger partial charge in [-0.25, -0.2) is 12.7 Å². The maximum Gasteiger partial charge on any atom is 0.216 e. The number of aryl methyl sites for hydroxylation is 1. The van der Waals surface area contributed by atoms with E-state index in [-0.39, 0.29) is 5.25 Å². The zero-order chi connectivity index (χ0) is 17.0. The second kappa shape index (κ2) is 7.77. The monoisotopic (exact) mass is 342 g/mol. The normalized spacial score (nSPS) is 23.5. The van der Waals surface area contributed by atoms with Gasteiger partial charge in [0.1, 0.15) is 0 Å². The Morgan fingerprint density at radius 2 is 2.13 bits per heavy atom. The van der Waals surface area contributed by atoms with Gasteiger partial charge in [-0.15, -0.1) is 0 Å². The summed E-state index contributed by atoms with van der Waals surface area (Å²) in [7, 11) is -3.14. The minimum atomic E-state index is -3.14. The van der Waals surface area contributed by atoms with E-state index in [9.17, 15) is 8.42 Å². The van der Waals surface area contributed by atoms with E-state index in [1.165, 1.54) is 5.56 Å². The Kier molecular flexibility index (Phi) is 6.22. The van der Waals surface area contributed by atoms with Crippen molar-refractivity contribution in [2.75, 3.05) is 13.1 Å². The highest BCUT2D eigenvalue weighted by Crippen LogP contribution is 2.24. The first-order valence-corrected chi connectivity index (χ1v) is 10.1. The van der Waals surface area contributed by atoms with Crippen molar-refractivity contribution in [3.05, 3.63) is 18.0 Å². The molecule has 0 unspecified atom stereocenters. The van der Waals surface area contributed by atoms with Crippen molar-refractivity contribution in [1.29, 1.82) is 0 Å². The predicted molar refractivity (Wildman–Crippen MR) is 92.6 cm³/mol. The van der Waals surface area contributed by atoms with Crippen molar-refractivity contribution >= 4 is 10.0 Å². The molecule has 0 aromatic carbocycles. The molecule has 1 aromatic rings. The summed E-state index contributed by atoms with van der Waals surface area (Å²) in [5.74, 6) is 0.360. The first-order valence-electron chi connectivity index (χ1n) is 8.62. The molecule has 2 atom stereocenters. The van der Waals surface area contributed by atoms with Gasteiger partial charge in [0.2, 0.25) is 10.0 Å². The number of piperidine rings is 1. The lowest BCUT2D eigenvalue weighted by Crippen LogP contribution is -2.51. The summed E-state index contributed by atoms with van der Waals surface area (Å²) in [5, 5.41) is 7.55. The molecule has 0 spiro atoms. The Balaban J connectivity index is 1.94. The molecule has 0 aliphatic carbocycles. The van der Waals surface area contributed by atoms with Crippen molar-refractivity contribution in [2.24, 2.45) is 5.92 Å². The summed E-state index contributed by atoms with van der Waals surface area (Å²) >= 11 is 0. The zero-order valence-electron chi connectivity index (χ0n) is 14.7. The second-order valence-corrected chi connectivity index (χ2v) is 9.09. The number of hydrogen-bond acceptors (Lipinski definition) is 4. The molecule has 132 valence electrons. The molecule has 0 radical (unpaired) electrons. The van der Waals surface area contributed by atoms with E-state index < -0.39 is 10.0 Å². The van der Waals surface area contributed by atoms with Gasteiger partial charge in [0.05, 0.1) is 11.4 Å². The number of rotatable bonds is 7. The van der Waals surface area contributed by atoms with Gasteiger partial charge in [-0.3, -0.25) is 4.68 Å². The highest BCUT2D eigenvalue weighted by molar-refractivity contribution is 7.89. The van der Waals surface area contributed by atoms with Crippen molar-refractivity contribution in [3.63, 3.8) is 0 Å². The van der Waals surface area contributed by atoms with E-state index in [4.69, 9.17) is 0 Å².